The molecule has 3 heterocycles. The smallest absolute Gasteiger partial charge is 0.232 e. The van der Waals surface area contributed by atoms with E-state index in [0.717, 1.165) is 55.7 Å². The Labute approximate surface area is 226 Å². The van der Waals surface area contributed by atoms with Crippen LogP contribution in [0.1, 0.15) is 76.7 Å². The lowest BCUT2D eigenvalue weighted by Gasteiger charge is -2.35. The molecular weight excluding hydrogens is 488 g/mol. The molecule has 3 aliphatic rings. The van der Waals surface area contributed by atoms with Gasteiger partial charge in [-0.1, -0.05) is 36.6 Å². The van der Waals surface area contributed by atoms with Crippen molar-refractivity contribution in [2.75, 3.05) is 41.3 Å². The monoisotopic (exact) mass is 526 g/mol. The van der Waals surface area contributed by atoms with Gasteiger partial charge in [0.25, 0.3) is 0 Å². The van der Waals surface area contributed by atoms with Crippen molar-refractivity contribution in [2.24, 2.45) is 0 Å². The van der Waals surface area contributed by atoms with Crippen LogP contribution in [0.4, 0.5) is 17.6 Å². The molecule has 2 saturated heterocycles. The zero-order valence-corrected chi connectivity index (χ0v) is 23.0. The zero-order valence-electron chi connectivity index (χ0n) is 21.4. The summed E-state index contributed by atoms with van der Waals surface area (Å²) < 4.78 is 0. The minimum atomic E-state index is 0.0571. The maximum Gasteiger partial charge on any atom is 0.232 e. The van der Waals surface area contributed by atoms with Gasteiger partial charge in [0.15, 0.2) is 5.11 Å². The topological polar surface area (TPSA) is 56.3 Å². The molecule has 0 radical (unpaired) electrons. The largest absolute Gasteiger partial charge is 0.361 e. The predicted octanol–water partition coefficient (Wildman–Crippen LogP) is 6.30. The third-order valence-electron chi connectivity index (χ3n) is 8.29. The summed E-state index contributed by atoms with van der Waals surface area (Å²) in [4.78, 5) is 14.7. The van der Waals surface area contributed by atoms with Gasteiger partial charge in [-0.05, 0) is 88.2 Å². The number of anilines is 3. The van der Waals surface area contributed by atoms with E-state index in [0.29, 0.717) is 17.1 Å². The Bertz CT molecular complexity index is 1050. The lowest BCUT2D eigenvalue weighted by Crippen LogP contribution is -2.41. The summed E-state index contributed by atoms with van der Waals surface area (Å²) >= 11 is 12.1. The SMILES string of the molecule is CC1CCCCN1c1cc(N2CCCCC2)nc(NC(=S)NCC2(c3cccc(Cl)c3)CCCC2)n1. The number of aromatic nitrogens is 2. The Morgan fingerprint density at radius 2 is 1.75 bits per heavy atom. The van der Waals surface area contributed by atoms with Crippen molar-refractivity contribution in [3.8, 4) is 0 Å². The van der Waals surface area contributed by atoms with E-state index in [9.17, 15) is 0 Å². The van der Waals surface area contributed by atoms with E-state index in [1.54, 1.807) is 0 Å². The second-order valence-electron chi connectivity index (χ2n) is 10.8. The van der Waals surface area contributed by atoms with Crippen LogP contribution < -0.4 is 20.4 Å². The second kappa shape index (κ2) is 11.5. The second-order valence-corrected chi connectivity index (χ2v) is 11.6. The van der Waals surface area contributed by atoms with E-state index >= 15 is 0 Å². The molecule has 2 aliphatic heterocycles. The quantitative estimate of drug-likeness (QED) is 0.428. The van der Waals surface area contributed by atoms with Crippen molar-refractivity contribution in [1.29, 1.82) is 0 Å². The van der Waals surface area contributed by atoms with Crippen LogP contribution in [0.2, 0.25) is 5.02 Å². The van der Waals surface area contributed by atoms with Crippen molar-refractivity contribution in [2.45, 2.75) is 82.6 Å². The van der Waals surface area contributed by atoms with Gasteiger partial charge < -0.3 is 20.4 Å². The Morgan fingerprint density at radius 1 is 1.00 bits per heavy atom. The number of hydrogen-bond acceptors (Lipinski definition) is 5. The summed E-state index contributed by atoms with van der Waals surface area (Å²) in [5.41, 5.74) is 1.36. The maximum absolute atomic E-state index is 6.34. The number of nitrogens with zero attached hydrogens (tertiary/aromatic N) is 4. The van der Waals surface area contributed by atoms with E-state index in [1.165, 1.54) is 56.9 Å². The Hall–Kier alpha value is -2.12. The minimum Gasteiger partial charge on any atom is -0.361 e. The molecule has 1 atom stereocenters. The summed E-state index contributed by atoms with van der Waals surface area (Å²) in [5, 5.41) is 8.22. The van der Waals surface area contributed by atoms with Crippen LogP contribution in [-0.2, 0) is 5.41 Å². The zero-order chi connectivity index (χ0) is 25.0. The molecule has 0 spiro atoms. The molecule has 1 aromatic heterocycles. The van der Waals surface area contributed by atoms with Crippen molar-refractivity contribution < 1.29 is 0 Å². The van der Waals surface area contributed by atoms with Crippen LogP contribution >= 0.6 is 23.8 Å². The van der Waals surface area contributed by atoms with Gasteiger partial charge in [-0.15, -0.1) is 0 Å². The van der Waals surface area contributed by atoms with Gasteiger partial charge in [-0.3, -0.25) is 0 Å². The summed E-state index contributed by atoms with van der Waals surface area (Å²) in [6.45, 7) is 6.23. The van der Waals surface area contributed by atoms with Crippen LogP contribution in [-0.4, -0.2) is 47.3 Å². The number of hydrogen-bond donors (Lipinski definition) is 2. The standard InChI is InChI=1S/C28H39ClN6S/c1-21-10-3-8-17-35(21)25-19-24(34-15-6-2-7-16-34)31-26(32-25)33-27(36)30-20-28(13-4-5-14-28)22-11-9-12-23(29)18-22/h9,11-12,18-19,21H,2-8,10,13-17,20H2,1H3,(H2,30,31,32,33,36). The summed E-state index contributed by atoms with van der Waals surface area (Å²) in [6, 6.07) is 11.0. The third kappa shape index (κ3) is 5.88. The van der Waals surface area contributed by atoms with Crippen molar-refractivity contribution >= 4 is 46.5 Å². The van der Waals surface area contributed by atoms with Crippen LogP contribution in [0, 0.1) is 0 Å². The van der Waals surface area contributed by atoms with Crippen molar-refractivity contribution in [3.05, 3.63) is 40.9 Å². The average Bonchev–Trinajstić information content (AvgIpc) is 3.38. The van der Waals surface area contributed by atoms with Gasteiger partial charge in [0, 0.05) is 48.7 Å². The van der Waals surface area contributed by atoms with E-state index in [4.69, 9.17) is 33.8 Å². The van der Waals surface area contributed by atoms with Crippen LogP contribution in [0.15, 0.2) is 30.3 Å². The van der Waals surface area contributed by atoms with Crippen LogP contribution in [0.3, 0.4) is 0 Å². The fraction of sp³-hybridized carbons (Fsp3) is 0.607. The van der Waals surface area contributed by atoms with Crippen molar-refractivity contribution in [3.63, 3.8) is 0 Å². The van der Waals surface area contributed by atoms with Gasteiger partial charge in [0.05, 0.1) is 0 Å². The molecule has 1 unspecified atom stereocenters. The number of benzene rings is 1. The van der Waals surface area contributed by atoms with Gasteiger partial charge in [0.1, 0.15) is 11.6 Å². The van der Waals surface area contributed by atoms with Crippen LogP contribution in [0.5, 0.6) is 0 Å². The molecule has 8 heteroatoms. The minimum absolute atomic E-state index is 0.0571. The lowest BCUT2D eigenvalue weighted by molar-refractivity contribution is 0.435. The first kappa shape index (κ1) is 25.5. The first-order valence-electron chi connectivity index (χ1n) is 13.7. The van der Waals surface area contributed by atoms with Crippen LogP contribution in [0.25, 0.3) is 0 Å². The number of rotatable bonds is 6. The average molecular weight is 527 g/mol. The first-order chi connectivity index (χ1) is 17.5. The van der Waals surface area contributed by atoms with E-state index < -0.39 is 0 Å². The normalized spacial score (nSPS) is 21.9. The predicted molar refractivity (Wildman–Crippen MR) is 155 cm³/mol. The highest BCUT2D eigenvalue weighted by Crippen LogP contribution is 2.41. The molecule has 194 valence electrons. The Morgan fingerprint density at radius 3 is 2.50 bits per heavy atom. The molecule has 1 aromatic carbocycles. The first-order valence-corrected chi connectivity index (χ1v) is 14.5. The van der Waals surface area contributed by atoms with Gasteiger partial charge in [-0.2, -0.15) is 9.97 Å². The van der Waals surface area contributed by atoms with Gasteiger partial charge in [-0.25, -0.2) is 0 Å². The van der Waals surface area contributed by atoms with Gasteiger partial charge in [0.2, 0.25) is 5.95 Å². The highest BCUT2D eigenvalue weighted by atomic mass is 35.5. The highest BCUT2D eigenvalue weighted by Gasteiger charge is 2.36. The summed E-state index contributed by atoms with van der Waals surface area (Å²) in [7, 11) is 0. The number of piperidine rings is 2. The van der Waals surface area contributed by atoms with E-state index in [-0.39, 0.29) is 5.41 Å². The Kier molecular flexibility index (Phi) is 8.16. The number of thiocarbonyl (C=S) groups is 1. The summed E-state index contributed by atoms with van der Waals surface area (Å²) in [6.07, 6.45) is 12.2. The highest BCUT2D eigenvalue weighted by molar-refractivity contribution is 7.80. The molecule has 0 amide bonds. The molecule has 2 aromatic rings. The molecule has 0 bridgehead atoms. The number of halogens is 1. The number of nitrogens with one attached hydrogen (secondary N) is 2. The maximum atomic E-state index is 6.34. The molecule has 3 fully saturated rings. The van der Waals surface area contributed by atoms with Gasteiger partial charge >= 0.3 is 0 Å². The molecular formula is C28H39ClN6S. The van der Waals surface area contributed by atoms with E-state index in [1.807, 2.05) is 6.07 Å². The van der Waals surface area contributed by atoms with E-state index in [2.05, 4.69) is 51.6 Å². The van der Waals surface area contributed by atoms with Crippen molar-refractivity contribution in [1.82, 2.24) is 15.3 Å². The molecule has 1 aliphatic carbocycles. The lowest BCUT2D eigenvalue weighted by atomic mass is 9.79. The fourth-order valence-corrected chi connectivity index (χ4v) is 6.54. The molecule has 5 rings (SSSR count). The third-order valence-corrected chi connectivity index (χ3v) is 8.77. The molecule has 6 nitrogen and oxygen atoms in total. The summed E-state index contributed by atoms with van der Waals surface area (Å²) in [5.74, 6) is 2.61. The molecule has 1 saturated carbocycles. The molecule has 2 N–H and O–H groups in total. The Balaban J connectivity index is 1.33. The fourth-order valence-electron chi connectivity index (χ4n) is 6.18. The molecule has 36 heavy (non-hydrogen) atoms.